The standard InChI is InChI=1S/C55H66N6O16/c1-28-12-10-13-29(2)53(69)57-43-44(59-19-17-58(18-20-59)23-35-14-11-15-36(22-35)26-73-37-24-60-25-39(61(70)71)56-54(60)74-27-37)49(67)40-41(48(43)66)47(65)33(6)51-42(40)52(68)55(8,77-51)75-21-16-38(72-9)30(3)50(76-34(7)62)32(5)46(64)31(4)45(28)63/h10-16,21-22,25,28,30-32,37-38,45-46,50,63-65H,17-20,23-24,26-27H2,1-9H3,(H,57,69)/t28-,30+,31+,32+,37-,38-,45-,46+,50+,55-/m0/s1. The number of ether oxygens (including phenoxy) is 6. The molecule has 22 heteroatoms. The molecule has 2 aromatic carbocycles. The highest BCUT2D eigenvalue weighted by Crippen LogP contribution is 2.49. The largest absolute Gasteiger partial charge is 0.507 e. The highest BCUT2D eigenvalue weighted by Gasteiger charge is 2.53. The lowest BCUT2D eigenvalue weighted by Gasteiger charge is -2.39. The molecule has 4 N–H and O–H groups in total. The summed E-state index contributed by atoms with van der Waals surface area (Å²) in [6, 6.07) is 7.99. The summed E-state index contributed by atoms with van der Waals surface area (Å²) in [5.74, 6) is -9.76. The second kappa shape index (κ2) is 22.8. The molecule has 412 valence electrons. The van der Waals surface area contributed by atoms with E-state index in [2.05, 4.69) is 15.2 Å². The van der Waals surface area contributed by atoms with E-state index in [-0.39, 0.29) is 78.1 Å². The fraction of sp³-hybridized carbons (Fsp3) is 0.491. The highest BCUT2D eigenvalue weighted by atomic mass is 16.7. The van der Waals surface area contributed by atoms with Crippen LogP contribution in [0, 0.1) is 40.7 Å². The van der Waals surface area contributed by atoms with Gasteiger partial charge in [0.2, 0.25) is 11.6 Å². The van der Waals surface area contributed by atoms with Crippen LogP contribution in [0.15, 0.2) is 78.0 Å². The Kier molecular flexibility index (Phi) is 16.6. The van der Waals surface area contributed by atoms with E-state index in [0.29, 0.717) is 26.2 Å². The Hall–Kier alpha value is -7.24. The molecule has 6 aliphatic rings. The first-order chi connectivity index (χ1) is 36.5. The fourth-order valence-corrected chi connectivity index (χ4v) is 10.7. The van der Waals surface area contributed by atoms with Crippen LogP contribution in [0.2, 0.25) is 0 Å². The van der Waals surface area contributed by atoms with E-state index < -0.39 is 105 Å². The predicted molar refractivity (Wildman–Crippen MR) is 274 cm³/mol. The topological polar surface area (TPSA) is 281 Å². The van der Waals surface area contributed by atoms with Gasteiger partial charge in [0.05, 0.1) is 54.4 Å². The first-order valence-electron chi connectivity index (χ1n) is 25.6. The first-order valence-corrected chi connectivity index (χ1v) is 25.6. The molecule has 0 saturated carbocycles. The molecule has 5 aliphatic heterocycles. The summed E-state index contributed by atoms with van der Waals surface area (Å²) in [6.07, 6.45) is 4.24. The van der Waals surface area contributed by atoms with Gasteiger partial charge in [0.15, 0.2) is 0 Å². The van der Waals surface area contributed by atoms with E-state index in [4.69, 9.17) is 28.4 Å². The van der Waals surface area contributed by atoms with Gasteiger partial charge in [-0.3, -0.25) is 33.4 Å². The van der Waals surface area contributed by atoms with Gasteiger partial charge in [-0.2, -0.15) is 0 Å². The number of hydrogen-bond donors (Lipinski definition) is 4. The third kappa shape index (κ3) is 11.3. The summed E-state index contributed by atoms with van der Waals surface area (Å²) in [7, 11) is 1.42. The van der Waals surface area contributed by atoms with Crippen LogP contribution in [0.1, 0.15) is 96.2 Å². The lowest BCUT2D eigenvalue weighted by Crippen LogP contribution is -2.49. The number of fused-ring (bicyclic) bond motifs is 15. The lowest BCUT2D eigenvalue weighted by atomic mass is 9.78. The number of piperazine rings is 1. The number of aliphatic hydroxyl groups is 2. The summed E-state index contributed by atoms with van der Waals surface area (Å²) in [5.41, 5.74) is 0.225. The van der Waals surface area contributed by atoms with Crippen molar-refractivity contribution in [1.82, 2.24) is 24.7 Å². The van der Waals surface area contributed by atoms with Crippen molar-refractivity contribution in [2.75, 3.05) is 39.9 Å². The number of nitrogens with zero attached hydrogens (tertiary/aromatic N) is 5. The lowest BCUT2D eigenvalue weighted by molar-refractivity contribution is -0.389. The summed E-state index contributed by atoms with van der Waals surface area (Å²) >= 11 is 0. The SMILES string of the molecule is CO[C@H]1C=CO[C@@]2(C)Oc3c(C)c(O)c4c(c3C2=O)C(=O)C(N2CCN(Cc3cccc(CO[C@@H]5COc6nc([N+](=O)[O-])cn6C5)c3)CC2)=C(NC(=O)C(C)=CC=C[C@H](C)[C@H](O)[C@@H](C)[C@@H](O)[C@@H](C)[C@H](OC(C)=O)[C@@H]1C)C4=O. The van der Waals surface area contributed by atoms with Gasteiger partial charge in [-0.25, -0.2) is 0 Å². The van der Waals surface area contributed by atoms with E-state index in [1.54, 1.807) is 49.3 Å². The van der Waals surface area contributed by atoms with Crippen molar-refractivity contribution in [3.05, 3.63) is 121 Å². The van der Waals surface area contributed by atoms with E-state index in [1.165, 1.54) is 59.4 Å². The van der Waals surface area contributed by atoms with E-state index >= 15 is 4.79 Å². The third-order valence-electron chi connectivity index (χ3n) is 15.2. The van der Waals surface area contributed by atoms with Crippen molar-refractivity contribution in [3.8, 4) is 17.5 Å². The van der Waals surface area contributed by atoms with Crippen molar-refractivity contribution in [1.29, 1.82) is 0 Å². The molecule has 1 amide bonds. The number of nitro groups is 1. The van der Waals surface area contributed by atoms with Gasteiger partial charge in [0, 0.05) is 93.5 Å². The van der Waals surface area contributed by atoms with Crippen molar-refractivity contribution in [2.45, 2.75) is 111 Å². The predicted octanol–water partition coefficient (Wildman–Crippen LogP) is 4.86. The van der Waals surface area contributed by atoms with Gasteiger partial charge in [0.1, 0.15) is 47.9 Å². The number of hydrogen-bond acceptors (Lipinski definition) is 19. The van der Waals surface area contributed by atoms with Crippen LogP contribution in [0.4, 0.5) is 5.82 Å². The Labute approximate surface area is 445 Å². The maximum Gasteiger partial charge on any atom is 0.414 e. The number of ketones is 3. The van der Waals surface area contributed by atoms with E-state index in [1.807, 2.05) is 24.3 Å². The van der Waals surface area contributed by atoms with Crippen LogP contribution in [-0.2, 0) is 48.2 Å². The first kappa shape index (κ1) is 56.0. The van der Waals surface area contributed by atoms with Gasteiger partial charge >= 0.3 is 23.6 Å². The van der Waals surface area contributed by atoms with Gasteiger partial charge in [0.25, 0.3) is 11.7 Å². The maximum absolute atomic E-state index is 15.3. The molecular formula is C55H66N6O16. The number of esters is 1. The summed E-state index contributed by atoms with van der Waals surface area (Å²) in [5, 5.41) is 48.8. The Morgan fingerprint density at radius 1 is 0.961 bits per heavy atom. The molecule has 1 aliphatic carbocycles. The number of carbonyl (C=O) groups excluding carboxylic acids is 5. The van der Waals surface area contributed by atoms with Crippen LogP contribution in [0.5, 0.6) is 17.5 Å². The Morgan fingerprint density at radius 3 is 2.36 bits per heavy atom. The van der Waals surface area contributed by atoms with Crippen LogP contribution in [0.25, 0.3) is 0 Å². The molecule has 3 aromatic rings. The monoisotopic (exact) mass is 1070 g/mol. The number of benzene rings is 2. The molecule has 1 aromatic heterocycles. The number of methoxy groups -OCH3 is 1. The maximum atomic E-state index is 15.3. The van der Waals surface area contributed by atoms with Crippen molar-refractivity contribution in [2.24, 2.45) is 23.7 Å². The number of aromatic nitrogens is 2. The molecular weight excluding hydrogens is 1000 g/mol. The number of phenols is 1. The molecule has 1 fully saturated rings. The average Bonchev–Trinajstić information content (AvgIpc) is 4.09. The molecule has 77 heavy (non-hydrogen) atoms. The van der Waals surface area contributed by atoms with Crippen LogP contribution in [-0.4, -0.2) is 145 Å². The van der Waals surface area contributed by atoms with Gasteiger partial charge < -0.3 is 64.1 Å². The number of nitrogens with one attached hydrogen (secondary N) is 1. The van der Waals surface area contributed by atoms with E-state index in [9.17, 15) is 44.6 Å². The number of Topliss-reactive ketones (excluding diaryl/α,β-unsaturated/α-hetero) is 3. The van der Waals surface area contributed by atoms with E-state index in [0.717, 1.165) is 11.1 Å². The summed E-state index contributed by atoms with van der Waals surface area (Å²) < 4.78 is 37.1. The summed E-state index contributed by atoms with van der Waals surface area (Å²) in [4.78, 5) is 89.9. The second-order valence-corrected chi connectivity index (χ2v) is 20.6. The normalized spacial score (nSPS) is 28.3. The minimum absolute atomic E-state index is 0.0234. The highest BCUT2D eigenvalue weighted by molar-refractivity contribution is 6.32. The smallest absolute Gasteiger partial charge is 0.414 e. The molecule has 22 nitrogen and oxygen atoms in total. The molecule has 6 heterocycles. The molecule has 9 rings (SSSR count). The van der Waals surface area contributed by atoms with Crippen LogP contribution >= 0.6 is 0 Å². The zero-order valence-corrected chi connectivity index (χ0v) is 44.5. The van der Waals surface area contributed by atoms with Crippen molar-refractivity contribution in [3.63, 3.8) is 0 Å². The number of allylic oxidation sites excluding steroid dienone is 4. The van der Waals surface area contributed by atoms with Gasteiger partial charge in [-0.05, 0) is 36.0 Å². The average molecular weight is 1070 g/mol. The van der Waals surface area contributed by atoms with Crippen molar-refractivity contribution >= 4 is 35.0 Å². The van der Waals surface area contributed by atoms with Crippen LogP contribution in [0.3, 0.4) is 0 Å². The van der Waals surface area contributed by atoms with Crippen molar-refractivity contribution < 1.29 is 72.6 Å². The Morgan fingerprint density at radius 2 is 1.68 bits per heavy atom. The number of phenolic OH excluding ortho intramolecular Hbond substituents is 1. The quantitative estimate of drug-likeness (QED) is 0.126. The number of rotatable bonds is 9. The second-order valence-electron chi connectivity index (χ2n) is 20.6. The minimum Gasteiger partial charge on any atom is -0.507 e. The Bertz CT molecular complexity index is 2970. The number of carbonyl (C=O) groups is 5. The van der Waals surface area contributed by atoms with Gasteiger partial charge in [-0.1, -0.05) is 70.2 Å². The number of aliphatic hydroxyl groups excluding tert-OH is 2. The molecule has 1 saturated heterocycles. The molecule has 5 bridgehead atoms. The number of imidazole rings is 1. The minimum atomic E-state index is -2.13. The number of amides is 1. The zero-order chi connectivity index (χ0) is 55.8. The zero-order valence-electron chi connectivity index (χ0n) is 44.5. The summed E-state index contributed by atoms with van der Waals surface area (Å²) in [6.45, 7) is 14.9. The molecule has 0 radical (unpaired) electrons. The Balaban J connectivity index is 1.08. The molecule has 0 spiro atoms. The third-order valence-corrected chi connectivity index (χ3v) is 15.2. The fourth-order valence-electron chi connectivity index (χ4n) is 10.7. The van der Waals surface area contributed by atoms with Gasteiger partial charge in [-0.15, -0.1) is 0 Å². The number of aromatic hydroxyl groups is 1. The van der Waals surface area contributed by atoms with Crippen LogP contribution < -0.4 is 14.8 Å². The molecule has 10 atom stereocenters. The molecule has 0 unspecified atom stereocenters.